The first-order valence-corrected chi connectivity index (χ1v) is 14.4. The lowest BCUT2D eigenvalue weighted by atomic mass is 10.0. The monoisotopic (exact) mass is 577 g/mol. The number of anilines is 1. The predicted molar refractivity (Wildman–Crippen MR) is 148 cm³/mol. The molecule has 0 fully saturated rings. The summed E-state index contributed by atoms with van der Waals surface area (Å²) in [5, 5.41) is 2.49. The number of carbonyl (C=O) groups is 2. The SMILES string of the molecule is CC(C)NC(=O)[C@@H](Cc1ccccc1)N(Cc1ccccc1F)C(=O)CN(c1ccc(F)c(Cl)c1)S(C)(=O)=O. The van der Waals surface area contributed by atoms with E-state index in [0.717, 1.165) is 28.3 Å². The molecule has 208 valence electrons. The molecular weight excluding hydrogens is 548 g/mol. The molecule has 2 amide bonds. The highest BCUT2D eigenvalue weighted by molar-refractivity contribution is 7.92. The summed E-state index contributed by atoms with van der Waals surface area (Å²) in [6, 6.07) is 16.7. The Morgan fingerprint density at radius 3 is 2.18 bits per heavy atom. The Labute approximate surface area is 232 Å². The number of hydrogen-bond donors (Lipinski definition) is 1. The lowest BCUT2D eigenvalue weighted by Crippen LogP contribution is -2.54. The van der Waals surface area contributed by atoms with E-state index in [0.29, 0.717) is 0 Å². The molecule has 0 saturated carbocycles. The topological polar surface area (TPSA) is 86.8 Å². The van der Waals surface area contributed by atoms with E-state index < -0.39 is 46.1 Å². The summed E-state index contributed by atoms with van der Waals surface area (Å²) in [6.45, 7) is 2.51. The van der Waals surface area contributed by atoms with Crippen LogP contribution in [0, 0.1) is 11.6 Å². The van der Waals surface area contributed by atoms with E-state index in [9.17, 15) is 26.8 Å². The summed E-state index contributed by atoms with van der Waals surface area (Å²) in [4.78, 5) is 28.5. The van der Waals surface area contributed by atoms with Crippen molar-refractivity contribution >= 4 is 39.1 Å². The summed E-state index contributed by atoms with van der Waals surface area (Å²) in [5.74, 6) is -2.57. The first-order valence-electron chi connectivity index (χ1n) is 12.2. The van der Waals surface area contributed by atoms with Crippen molar-refractivity contribution in [2.75, 3.05) is 17.1 Å². The van der Waals surface area contributed by atoms with E-state index in [1.165, 1.54) is 29.2 Å². The van der Waals surface area contributed by atoms with Gasteiger partial charge in [-0.1, -0.05) is 60.1 Å². The molecule has 7 nitrogen and oxygen atoms in total. The van der Waals surface area contributed by atoms with E-state index >= 15 is 0 Å². The van der Waals surface area contributed by atoms with Crippen LogP contribution in [0.15, 0.2) is 72.8 Å². The van der Waals surface area contributed by atoms with Crippen LogP contribution in [0.5, 0.6) is 0 Å². The second kappa shape index (κ2) is 13.0. The van der Waals surface area contributed by atoms with Gasteiger partial charge in [0.25, 0.3) is 0 Å². The van der Waals surface area contributed by atoms with Gasteiger partial charge in [-0.2, -0.15) is 0 Å². The first kappa shape index (κ1) is 30.0. The number of sulfonamides is 1. The molecule has 3 rings (SSSR count). The third-order valence-electron chi connectivity index (χ3n) is 5.87. The van der Waals surface area contributed by atoms with Gasteiger partial charge >= 0.3 is 0 Å². The minimum absolute atomic E-state index is 0.0330. The number of halogens is 3. The van der Waals surface area contributed by atoms with Crippen molar-refractivity contribution in [3.63, 3.8) is 0 Å². The van der Waals surface area contributed by atoms with E-state index in [1.807, 2.05) is 6.07 Å². The number of carbonyl (C=O) groups excluding carboxylic acids is 2. The van der Waals surface area contributed by atoms with E-state index in [-0.39, 0.29) is 35.3 Å². The molecule has 0 saturated heterocycles. The van der Waals surface area contributed by atoms with Crippen LogP contribution in [0.2, 0.25) is 5.02 Å². The number of rotatable bonds is 11. The minimum atomic E-state index is -4.05. The first-order chi connectivity index (χ1) is 18.4. The Morgan fingerprint density at radius 1 is 0.949 bits per heavy atom. The molecule has 0 aromatic heterocycles. The average molecular weight is 578 g/mol. The fourth-order valence-electron chi connectivity index (χ4n) is 4.00. The molecule has 0 radical (unpaired) electrons. The summed E-state index contributed by atoms with van der Waals surface area (Å²) >= 11 is 5.88. The molecule has 0 bridgehead atoms. The standard InChI is InChI=1S/C28H30ClF2N3O4S/c1-19(2)32-28(36)26(15-20-9-5-4-6-10-20)33(17-21-11-7-8-12-24(21)30)27(35)18-34(39(3,37)38)22-13-14-25(31)23(29)16-22/h4-14,16,19,26H,15,17-18H2,1-3H3,(H,32,36)/t26-/m1/s1. The Morgan fingerprint density at radius 2 is 1.59 bits per heavy atom. The summed E-state index contributed by atoms with van der Waals surface area (Å²) in [7, 11) is -4.05. The second-order valence-electron chi connectivity index (χ2n) is 9.35. The summed E-state index contributed by atoms with van der Waals surface area (Å²) in [5.41, 5.74) is 0.865. The van der Waals surface area contributed by atoms with Gasteiger partial charge in [-0.05, 0) is 43.7 Å². The second-order valence-corrected chi connectivity index (χ2v) is 11.7. The molecule has 0 spiro atoms. The number of nitrogens with one attached hydrogen (secondary N) is 1. The highest BCUT2D eigenvalue weighted by atomic mass is 35.5. The maximum Gasteiger partial charge on any atom is 0.244 e. The quantitative estimate of drug-likeness (QED) is 0.362. The Hall–Kier alpha value is -3.50. The zero-order chi connectivity index (χ0) is 28.7. The summed E-state index contributed by atoms with van der Waals surface area (Å²) in [6.07, 6.45) is 0.993. The van der Waals surface area contributed by atoms with Crippen molar-refractivity contribution in [2.45, 2.75) is 38.9 Å². The van der Waals surface area contributed by atoms with E-state index in [2.05, 4.69) is 5.32 Å². The molecule has 1 N–H and O–H groups in total. The number of amides is 2. The maximum absolute atomic E-state index is 14.7. The van der Waals surface area contributed by atoms with Gasteiger partial charge in [0.1, 0.15) is 24.2 Å². The zero-order valence-electron chi connectivity index (χ0n) is 21.8. The van der Waals surface area contributed by atoms with Crippen LogP contribution in [0.4, 0.5) is 14.5 Å². The van der Waals surface area contributed by atoms with Crippen molar-refractivity contribution in [2.24, 2.45) is 0 Å². The van der Waals surface area contributed by atoms with Gasteiger partial charge in [-0.15, -0.1) is 0 Å². The molecule has 0 aliphatic carbocycles. The van der Waals surface area contributed by atoms with Crippen LogP contribution < -0.4 is 9.62 Å². The third kappa shape index (κ3) is 8.24. The fourth-order valence-corrected chi connectivity index (χ4v) is 5.01. The van der Waals surface area contributed by atoms with Gasteiger partial charge in [0.2, 0.25) is 21.8 Å². The smallest absolute Gasteiger partial charge is 0.244 e. The van der Waals surface area contributed by atoms with Gasteiger partial charge in [0, 0.05) is 24.6 Å². The molecule has 1 atom stereocenters. The number of hydrogen-bond acceptors (Lipinski definition) is 4. The van der Waals surface area contributed by atoms with Crippen molar-refractivity contribution < 1.29 is 26.8 Å². The molecule has 0 aliphatic heterocycles. The third-order valence-corrected chi connectivity index (χ3v) is 7.30. The highest BCUT2D eigenvalue weighted by Gasteiger charge is 2.33. The van der Waals surface area contributed by atoms with Crippen molar-refractivity contribution in [1.82, 2.24) is 10.2 Å². The van der Waals surface area contributed by atoms with Crippen molar-refractivity contribution in [3.8, 4) is 0 Å². The molecule has 39 heavy (non-hydrogen) atoms. The zero-order valence-corrected chi connectivity index (χ0v) is 23.3. The van der Waals surface area contributed by atoms with Crippen LogP contribution >= 0.6 is 11.6 Å². The average Bonchev–Trinajstić information content (AvgIpc) is 2.87. The van der Waals surface area contributed by atoms with E-state index in [4.69, 9.17) is 11.6 Å². The van der Waals surface area contributed by atoms with Crippen molar-refractivity contribution in [3.05, 3.63) is 101 Å². The van der Waals surface area contributed by atoms with Crippen LogP contribution in [0.3, 0.4) is 0 Å². The van der Waals surface area contributed by atoms with Crippen molar-refractivity contribution in [1.29, 1.82) is 0 Å². The molecule has 11 heteroatoms. The molecule has 3 aromatic rings. The van der Waals surface area contributed by atoms with Crippen LogP contribution in [-0.4, -0.2) is 50.0 Å². The number of benzene rings is 3. The Bertz CT molecular complexity index is 1420. The lowest BCUT2D eigenvalue weighted by Gasteiger charge is -2.34. The highest BCUT2D eigenvalue weighted by Crippen LogP contribution is 2.25. The predicted octanol–water partition coefficient (Wildman–Crippen LogP) is 4.55. The van der Waals surface area contributed by atoms with Gasteiger partial charge in [-0.3, -0.25) is 13.9 Å². The van der Waals surface area contributed by atoms with E-state index in [1.54, 1.807) is 44.2 Å². The lowest BCUT2D eigenvalue weighted by molar-refractivity contribution is -0.140. The maximum atomic E-state index is 14.7. The van der Waals surface area contributed by atoms with Crippen LogP contribution in [0.25, 0.3) is 0 Å². The number of nitrogens with zero attached hydrogens (tertiary/aromatic N) is 2. The van der Waals surface area contributed by atoms with Crippen LogP contribution in [-0.2, 0) is 32.6 Å². The van der Waals surface area contributed by atoms with Gasteiger partial charge in [-0.25, -0.2) is 17.2 Å². The normalized spacial score (nSPS) is 12.2. The largest absolute Gasteiger partial charge is 0.352 e. The molecule has 3 aromatic carbocycles. The molecule has 0 heterocycles. The minimum Gasteiger partial charge on any atom is -0.352 e. The molecule has 0 aliphatic rings. The van der Waals surface area contributed by atoms with Crippen LogP contribution in [0.1, 0.15) is 25.0 Å². The summed E-state index contributed by atoms with van der Waals surface area (Å²) < 4.78 is 54.7. The Balaban J connectivity index is 2.08. The Kier molecular flexibility index (Phi) is 10.0. The molecular formula is C28H30ClF2N3O4S. The van der Waals surface area contributed by atoms with Gasteiger partial charge in [0.05, 0.1) is 17.0 Å². The fraction of sp³-hybridized carbons (Fsp3) is 0.286. The molecule has 0 unspecified atom stereocenters. The van der Waals surface area contributed by atoms with Gasteiger partial charge in [0.15, 0.2) is 0 Å². The van der Waals surface area contributed by atoms with Gasteiger partial charge < -0.3 is 10.2 Å².